The zero-order chi connectivity index (χ0) is 20.5. The molecule has 0 spiro atoms. The van der Waals surface area contributed by atoms with Gasteiger partial charge in [0.15, 0.2) is 0 Å². The molecule has 0 atom stereocenters. The molecular weight excluding hydrogens is 372 g/mol. The van der Waals surface area contributed by atoms with Gasteiger partial charge in [0.05, 0.1) is 0 Å². The summed E-state index contributed by atoms with van der Waals surface area (Å²) >= 11 is 0. The monoisotopic (exact) mass is 402 g/mol. The number of hydrogen-bond donors (Lipinski definition) is 0. The molecule has 2 fully saturated rings. The molecule has 0 unspecified atom stereocenters. The Bertz CT molecular complexity index is 1040. The lowest BCUT2D eigenvalue weighted by atomic mass is 10.0. The molecule has 1 saturated carbocycles. The summed E-state index contributed by atoms with van der Waals surface area (Å²) in [5, 5.41) is 2.36. The lowest BCUT2D eigenvalue weighted by molar-refractivity contribution is 0.0568. The van der Waals surface area contributed by atoms with Crippen molar-refractivity contribution in [2.24, 2.45) is 0 Å². The van der Waals surface area contributed by atoms with Crippen molar-refractivity contribution in [2.45, 2.75) is 45.2 Å². The standard InChI is InChI=1S/C25H30N4O/c1-2-27-18-23(25(30)29-16-14-28(15-17-29)20-10-4-5-11-20)26-24(27)22-13-7-9-19-8-3-6-12-21(19)22/h3,6-9,12-13,18,20H,2,4-5,10-11,14-17H2,1H3. The highest BCUT2D eigenvalue weighted by Crippen LogP contribution is 2.29. The lowest BCUT2D eigenvalue weighted by Gasteiger charge is -2.37. The Morgan fingerprint density at radius 1 is 1.00 bits per heavy atom. The minimum Gasteiger partial charge on any atom is -0.335 e. The SMILES string of the molecule is CCn1cc(C(=O)N2CCN(C3CCCC3)CC2)nc1-c1cccc2ccccc12. The average molecular weight is 403 g/mol. The quantitative estimate of drug-likeness (QED) is 0.649. The first-order valence-electron chi connectivity index (χ1n) is 11.3. The Morgan fingerprint density at radius 2 is 1.73 bits per heavy atom. The van der Waals surface area contributed by atoms with Gasteiger partial charge in [-0.3, -0.25) is 9.69 Å². The minimum absolute atomic E-state index is 0.0646. The molecule has 5 nitrogen and oxygen atoms in total. The number of piperazine rings is 1. The van der Waals surface area contributed by atoms with Crippen LogP contribution >= 0.6 is 0 Å². The summed E-state index contributed by atoms with van der Waals surface area (Å²) in [4.78, 5) is 22.6. The van der Waals surface area contributed by atoms with E-state index >= 15 is 0 Å². The van der Waals surface area contributed by atoms with E-state index in [0.29, 0.717) is 5.69 Å². The molecule has 1 saturated heterocycles. The van der Waals surface area contributed by atoms with Crippen molar-refractivity contribution in [2.75, 3.05) is 26.2 Å². The zero-order valence-electron chi connectivity index (χ0n) is 17.8. The number of imidazole rings is 1. The van der Waals surface area contributed by atoms with Gasteiger partial charge in [0.2, 0.25) is 0 Å². The summed E-state index contributed by atoms with van der Waals surface area (Å²) in [6.07, 6.45) is 7.29. The number of carbonyl (C=O) groups excluding carboxylic acids is 1. The van der Waals surface area contributed by atoms with E-state index in [1.54, 1.807) is 0 Å². The molecule has 1 amide bonds. The second-order valence-corrected chi connectivity index (χ2v) is 8.53. The van der Waals surface area contributed by atoms with Crippen molar-refractivity contribution < 1.29 is 4.79 Å². The number of amides is 1. The molecule has 156 valence electrons. The molecule has 5 rings (SSSR count). The van der Waals surface area contributed by atoms with Crippen LogP contribution in [0.3, 0.4) is 0 Å². The third-order valence-electron chi connectivity index (χ3n) is 6.81. The highest BCUT2D eigenvalue weighted by Gasteiger charge is 2.29. The van der Waals surface area contributed by atoms with Gasteiger partial charge < -0.3 is 9.47 Å². The molecule has 0 bridgehead atoms. The molecule has 30 heavy (non-hydrogen) atoms. The smallest absolute Gasteiger partial charge is 0.274 e. The summed E-state index contributed by atoms with van der Waals surface area (Å²) < 4.78 is 2.10. The number of nitrogens with zero attached hydrogens (tertiary/aromatic N) is 4. The van der Waals surface area contributed by atoms with E-state index in [4.69, 9.17) is 4.98 Å². The molecule has 3 aromatic rings. The Labute approximate surface area is 178 Å². The van der Waals surface area contributed by atoms with Crippen molar-refractivity contribution >= 4 is 16.7 Å². The van der Waals surface area contributed by atoms with Crippen LogP contribution in [0.2, 0.25) is 0 Å². The Hall–Kier alpha value is -2.66. The molecule has 0 N–H and O–H groups in total. The van der Waals surface area contributed by atoms with Gasteiger partial charge in [0.25, 0.3) is 5.91 Å². The van der Waals surface area contributed by atoms with Crippen molar-refractivity contribution in [3.63, 3.8) is 0 Å². The molecule has 2 heterocycles. The van der Waals surface area contributed by atoms with E-state index in [2.05, 4.69) is 58.9 Å². The van der Waals surface area contributed by atoms with Gasteiger partial charge in [0, 0.05) is 50.5 Å². The van der Waals surface area contributed by atoms with Crippen LogP contribution in [0, 0.1) is 0 Å². The van der Waals surface area contributed by atoms with Crippen LogP contribution < -0.4 is 0 Å². The second kappa shape index (κ2) is 8.23. The predicted octanol–water partition coefficient (Wildman–Crippen LogP) is 4.42. The van der Waals surface area contributed by atoms with Crippen molar-refractivity contribution in [1.29, 1.82) is 0 Å². The summed E-state index contributed by atoms with van der Waals surface area (Å²) in [6, 6.07) is 15.4. The van der Waals surface area contributed by atoms with Gasteiger partial charge in [-0.05, 0) is 30.5 Å². The molecule has 2 aliphatic rings. The molecule has 5 heteroatoms. The van der Waals surface area contributed by atoms with Crippen molar-refractivity contribution in [1.82, 2.24) is 19.4 Å². The fourth-order valence-corrected chi connectivity index (χ4v) is 5.12. The van der Waals surface area contributed by atoms with E-state index in [-0.39, 0.29) is 5.91 Å². The third kappa shape index (κ3) is 3.52. The summed E-state index contributed by atoms with van der Waals surface area (Å²) in [6.45, 7) is 6.47. The van der Waals surface area contributed by atoms with Crippen LogP contribution in [0.5, 0.6) is 0 Å². The maximum atomic E-state index is 13.2. The van der Waals surface area contributed by atoms with Gasteiger partial charge in [-0.25, -0.2) is 4.98 Å². The zero-order valence-corrected chi connectivity index (χ0v) is 17.8. The number of aromatic nitrogens is 2. The summed E-state index contributed by atoms with van der Waals surface area (Å²) in [5.41, 5.74) is 1.65. The van der Waals surface area contributed by atoms with Crippen LogP contribution in [-0.4, -0.2) is 57.5 Å². The normalized spacial score (nSPS) is 18.4. The van der Waals surface area contributed by atoms with E-state index in [1.165, 1.54) is 36.5 Å². The largest absolute Gasteiger partial charge is 0.335 e. The van der Waals surface area contributed by atoms with Crippen LogP contribution in [0.15, 0.2) is 48.7 Å². The van der Waals surface area contributed by atoms with Crippen LogP contribution in [-0.2, 0) is 6.54 Å². The topological polar surface area (TPSA) is 41.4 Å². The molecular formula is C25H30N4O. The lowest BCUT2D eigenvalue weighted by Crippen LogP contribution is -2.51. The number of aryl methyl sites for hydroxylation is 1. The molecule has 2 aromatic carbocycles. The first-order chi connectivity index (χ1) is 14.7. The van der Waals surface area contributed by atoms with Gasteiger partial charge in [-0.15, -0.1) is 0 Å². The number of hydrogen-bond acceptors (Lipinski definition) is 3. The number of carbonyl (C=O) groups is 1. The molecule has 1 aliphatic heterocycles. The highest BCUT2D eigenvalue weighted by atomic mass is 16.2. The van der Waals surface area contributed by atoms with Crippen LogP contribution in [0.1, 0.15) is 43.1 Å². The van der Waals surface area contributed by atoms with Gasteiger partial charge in [0.1, 0.15) is 11.5 Å². The fourth-order valence-electron chi connectivity index (χ4n) is 5.12. The molecule has 1 aromatic heterocycles. The van der Waals surface area contributed by atoms with E-state index in [0.717, 1.165) is 50.2 Å². The van der Waals surface area contributed by atoms with Gasteiger partial charge >= 0.3 is 0 Å². The van der Waals surface area contributed by atoms with Crippen molar-refractivity contribution in [3.05, 3.63) is 54.4 Å². The number of benzene rings is 2. The Balaban J connectivity index is 1.38. The summed E-state index contributed by atoms with van der Waals surface area (Å²) in [7, 11) is 0. The van der Waals surface area contributed by atoms with Crippen LogP contribution in [0.4, 0.5) is 0 Å². The minimum atomic E-state index is 0.0646. The summed E-state index contributed by atoms with van der Waals surface area (Å²) in [5.74, 6) is 0.942. The average Bonchev–Trinajstić information content (AvgIpc) is 3.48. The maximum Gasteiger partial charge on any atom is 0.274 e. The first-order valence-corrected chi connectivity index (χ1v) is 11.3. The van der Waals surface area contributed by atoms with E-state index < -0.39 is 0 Å². The third-order valence-corrected chi connectivity index (χ3v) is 6.81. The first kappa shape index (κ1) is 19.3. The molecule has 1 aliphatic carbocycles. The maximum absolute atomic E-state index is 13.2. The molecule has 0 radical (unpaired) electrons. The fraction of sp³-hybridized carbons (Fsp3) is 0.440. The van der Waals surface area contributed by atoms with E-state index in [9.17, 15) is 4.79 Å². The Kier molecular flexibility index (Phi) is 5.30. The van der Waals surface area contributed by atoms with Crippen molar-refractivity contribution in [3.8, 4) is 11.4 Å². The van der Waals surface area contributed by atoms with Gasteiger partial charge in [-0.1, -0.05) is 55.3 Å². The van der Waals surface area contributed by atoms with Crippen LogP contribution in [0.25, 0.3) is 22.2 Å². The Morgan fingerprint density at radius 3 is 2.50 bits per heavy atom. The predicted molar refractivity (Wildman–Crippen MR) is 121 cm³/mol. The highest BCUT2D eigenvalue weighted by molar-refractivity contribution is 5.97. The van der Waals surface area contributed by atoms with Gasteiger partial charge in [-0.2, -0.15) is 0 Å². The second-order valence-electron chi connectivity index (χ2n) is 8.53. The number of fused-ring (bicyclic) bond motifs is 1. The van der Waals surface area contributed by atoms with E-state index in [1.807, 2.05) is 11.1 Å². The number of rotatable bonds is 4.